The van der Waals surface area contributed by atoms with Crippen molar-refractivity contribution in [1.29, 1.82) is 0 Å². The third-order valence-corrected chi connectivity index (χ3v) is 3.88. The Kier molecular flexibility index (Phi) is 6.47. The van der Waals surface area contributed by atoms with E-state index in [1.54, 1.807) is 0 Å². The van der Waals surface area contributed by atoms with Gasteiger partial charge in [0.25, 0.3) is 0 Å². The predicted octanol–water partition coefficient (Wildman–Crippen LogP) is 0.821. The Bertz CT molecular complexity index is 536. The second-order valence-corrected chi connectivity index (χ2v) is 6.16. The molecule has 0 radical (unpaired) electrons. The number of hydrogen-bond donors (Lipinski definition) is 1. The number of nitrogens with zero attached hydrogens (tertiary/aromatic N) is 1. The maximum atomic E-state index is 13.0. The van der Waals surface area contributed by atoms with Crippen LogP contribution in [0.3, 0.4) is 0 Å². The lowest BCUT2D eigenvalue weighted by Crippen LogP contribution is -2.28. The normalized spacial score (nSPS) is 12.1. The van der Waals surface area contributed by atoms with E-state index in [9.17, 15) is 17.2 Å². The Labute approximate surface area is 117 Å². The van der Waals surface area contributed by atoms with Crippen molar-refractivity contribution >= 4 is 10.0 Å². The van der Waals surface area contributed by atoms with Gasteiger partial charge in [-0.3, -0.25) is 0 Å². The summed E-state index contributed by atoms with van der Waals surface area (Å²) < 4.78 is 56.7. The molecule has 0 atom stereocenters. The highest BCUT2D eigenvalue weighted by molar-refractivity contribution is 7.89. The maximum Gasteiger partial charge on any atom is 0.240 e. The summed E-state index contributed by atoms with van der Waals surface area (Å²) in [5.74, 6) is -2.29. The molecule has 0 fully saturated rings. The first-order valence-corrected chi connectivity index (χ1v) is 7.48. The topological polar surface area (TPSA) is 58.6 Å². The zero-order valence-electron chi connectivity index (χ0n) is 11.4. The van der Waals surface area contributed by atoms with Crippen LogP contribution in [0.4, 0.5) is 8.78 Å². The monoisotopic (exact) mass is 308 g/mol. The van der Waals surface area contributed by atoms with Crippen molar-refractivity contribution in [2.75, 3.05) is 40.4 Å². The van der Waals surface area contributed by atoms with Crippen molar-refractivity contribution < 1.29 is 21.9 Å². The Morgan fingerprint density at radius 3 is 2.50 bits per heavy atom. The first-order chi connectivity index (χ1) is 9.33. The molecule has 0 spiro atoms. The van der Waals surface area contributed by atoms with Crippen LogP contribution in [-0.4, -0.2) is 53.7 Å². The molecule has 1 rings (SSSR count). The van der Waals surface area contributed by atoms with Crippen molar-refractivity contribution in [1.82, 2.24) is 9.62 Å². The maximum absolute atomic E-state index is 13.0. The summed E-state index contributed by atoms with van der Waals surface area (Å²) in [6, 6.07) is 2.43. The fourth-order valence-electron chi connectivity index (χ4n) is 1.32. The van der Waals surface area contributed by atoms with E-state index in [1.807, 2.05) is 19.0 Å². The molecule has 114 valence electrons. The van der Waals surface area contributed by atoms with Gasteiger partial charge in [-0.05, 0) is 32.3 Å². The van der Waals surface area contributed by atoms with Gasteiger partial charge in [0.15, 0.2) is 11.6 Å². The average Bonchev–Trinajstić information content (AvgIpc) is 2.36. The lowest BCUT2D eigenvalue weighted by atomic mass is 10.3. The fraction of sp³-hybridized carbons (Fsp3) is 0.500. The van der Waals surface area contributed by atoms with Crippen LogP contribution in [-0.2, 0) is 14.8 Å². The van der Waals surface area contributed by atoms with Crippen LogP contribution in [0.25, 0.3) is 0 Å². The van der Waals surface area contributed by atoms with Crippen LogP contribution in [0.15, 0.2) is 23.1 Å². The van der Waals surface area contributed by atoms with Gasteiger partial charge in [-0.25, -0.2) is 21.9 Å². The van der Waals surface area contributed by atoms with Gasteiger partial charge in [-0.1, -0.05) is 0 Å². The lowest BCUT2D eigenvalue weighted by Gasteiger charge is -2.10. The zero-order valence-corrected chi connectivity index (χ0v) is 12.2. The average molecular weight is 308 g/mol. The number of ether oxygens (including phenoxy) is 1. The van der Waals surface area contributed by atoms with Crippen LogP contribution in [0.5, 0.6) is 0 Å². The van der Waals surface area contributed by atoms with Crippen molar-refractivity contribution in [3.63, 3.8) is 0 Å². The largest absolute Gasteiger partial charge is 0.379 e. The van der Waals surface area contributed by atoms with Gasteiger partial charge >= 0.3 is 0 Å². The van der Waals surface area contributed by atoms with Crippen LogP contribution in [0.1, 0.15) is 0 Å². The van der Waals surface area contributed by atoms with E-state index >= 15 is 0 Å². The summed E-state index contributed by atoms with van der Waals surface area (Å²) >= 11 is 0. The van der Waals surface area contributed by atoms with Crippen molar-refractivity contribution in [3.8, 4) is 0 Å². The number of nitrogens with one attached hydrogen (secondary N) is 1. The molecule has 0 bridgehead atoms. The SMILES string of the molecule is CN(C)CCOCCNS(=O)(=O)c1ccc(F)c(F)c1. The molecule has 0 heterocycles. The Morgan fingerprint density at radius 1 is 1.20 bits per heavy atom. The highest BCUT2D eigenvalue weighted by Crippen LogP contribution is 2.13. The van der Waals surface area contributed by atoms with E-state index in [-0.39, 0.29) is 18.0 Å². The Balaban J connectivity index is 2.43. The van der Waals surface area contributed by atoms with Crippen LogP contribution in [0, 0.1) is 11.6 Å². The van der Waals surface area contributed by atoms with E-state index < -0.39 is 21.7 Å². The summed E-state index contributed by atoms with van der Waals surface area (Å²) in [5, 5.41) is 0. The molecule has 0 saturated heterocycles. The number of rotatable bonds is 8. The van der Waals surface area contributed by atoms with Gasteiger partial charge in [0, 0.05) is 13.1 Å². The molecule has 1 aromatic rings. The molecule has 8 heteroatoms. The summed E-state index contributed by atoms with van der Waals surface area (Å²) in [5.41, 5.74) is 0. The summed E-state index contributed by atoms with van der Waals surface area (Å²) in [6.45, 7) is 1.49. The van der Waals surface area contributed by atoms with Gasteiger partial charge < -0.3 is 9.64 Å². The smallest absolute Gasteiger partial charge is 0.240 e. The first-order valence-electron chi connectivity index (χ1n) is 6.00. The van der Waals surface area contributed by atoms with Crippen molar-refractivity contribution in [2.24, 2.45) is 0 Å². The minimum absolute atomic E-state index is 0.0642. The minimum Gasteiger partial charge on any atom is -0.379 e. The van der Waals surface area contributed by atoms with Crippen LogP contribution in [0.2, 0.25) is 0 Å². The van der Waals surface area contributed by atoms with Crippen LogP contribution >= 0.6 is 0 Å². The molecular weight excluding hydrogens is 290 g/mol. The highest BCUT2D eigenvalue weighted by atomic mass is 32.2. The molecule has 1 aromatic carbocycles. The number of hydrogen-bond acceptors (Lipinski definition) is 4. The molecule has 0 aliphatic heterocycles. The fourth-order valence-corrected chi connectivity index (χ4v) is 2.35. The van der Waals surface area contributed by atoms with Gasteiger partial charge in [0.2, 0.25) is 10.0 Å². The van der Waals surface area contributed by atoms with Gasteiger partial charge in [-0.15, -0.1) is 0 Å². The number of sulfonamides is 1. The molecule has 0 saturated carbocycles. The van der Waals surface area contributed by atoms with Crippen LogP contribution < -0.4 is 4.72 Å². The highest BCUT2D eigenvalue weighted by Gasteiger charge is 2.15. The predicted molar refractivity (Wildman–Crippen MR) is 70.9 cm³/mol. The standard InChI is InChI=1S/C12H18F2N2O3S/c1-16(2)6-8-19-7-5-15-20(17,18)10-3-4-11(13)12(14)9-10/h3-4,9,15H,5-8H2,1-2H3. The summed E-state index contributed by atoms with van der Waals surface area (Å²) in [4.78, 5) is 1.62. The number of likely N-dealkylation sites (N-methyl/N-ethyl adjacent to an activating group) is 1. The third kappa shape index (κ3) is 5.49. The molecular formula is C12H18F2N2O3S. The zero-order chi connectivity index (χ0) is 15.2. The second kappa shape index (κ2) is 7.63. The molecule has 5 nitrogen and oxygen atoms in total. The summed E-state index contributed by atoms with van der Waals surface area (Å²) in [7, 11) is -0.0542. The van der Waals surface area contributed by atoms with Gasteiger partial charge in [0.1, 0.15) is 0 Å². The van der Waals surface area contributed by atoms with Gasteiger partial charge in [0.05, 0.1) is 18.1 Å². The molecule has 0 aromatic heterocycles. The van der Waals surface area contributed by atoms with Crippen molar-refractivity contribution in [2.45, 2.75) is 4.90 Å². The van der Waals surface area contributed by atoms with Gasteiger partial charge in [-0.2, -0.15) is 0 Å². The molecule has 0 aliphatic rings. The number of benzene rings is 1. The second-order valence-electron chi connectivity index (χ2n) is 4.39. The molecule has 1 N–H and O–H groups in total. The van der Waals surface area contributed by atoms with E-state index in [0.717, 1.165) is 18.7 Å². The molecule has 0 aliphatic carbocycles. The van der Waals surface area contributed by atoms with E-state index in [4.69, 9.17) is 4.74 Å². The Hall–Kier alpha value is -1.09. The Morgan fingerprint density at radius 2 is 1.90 bits per heavy atom. The third-order valence-electron chi connectivity index (χ3n) is 2.42. The van der Waals surface area contributed by atoms with E-state index in [1.165, 1.54) is 0 Å². The quantitative estimate of drug-likeness (QED) is 0.723. The molecule has 0 unspecified atom stereocenters. The first kappa shape index (κ1) is 17.0. The number of halogens is 2. The molecule has 20 heavy (non-hydrogen) atoms. The van der Waals surface area contributed by atoms with E-state index in [2.05, 4.69) is 4.72 Å². The lowest BCUT2D eigenvalue weighted by molar-refractivity contribution is 0.122. The van der Waals surface area contributed by atoms with E-state index in [0.29, 0.717) is 12.7 Å². The minimum atomic E-state index is -3.85. The summed E-state index contributed by atoms with van der Waals surface area (Å²) in [6.07, 6.45) is 0. The molecule has 0 amide bonds. The van der Waals surface area contributed by atoms with Crippen molar-refractivity contribution in [3.05, 3.63) is 29.8 Å².